The van der Waals surface area contributed by atoms with Crippen molar-refractivity contribution in [3.05, 3.63) is 59.7 Å². The molecule has 1 aliphatic heterocycles. The van der Waals surface area contributed by atoms with E-state index in [-0.39, 0.29) is 11.8 Å². The van der Waals surface area contributed by atoms with Crippen molar-refractivity contribution in [1.82, 2.24) is 0 Å². The van der Waals surface area contributed by atoms with E-state index in [1.807, 2.05) is 49.4 Å². The van der Waals surface area contributed by atoms with E-state index < -0.39 is 5.92 Å². The molecule has 0 bridgehead atoms. The summed E-state index contributed by atoms with van der Waals surface area (Å²) in [5.41, 5.74) is 2.68. The maximum absolute atomic E-state index is 12.5. The van der Waals surface area contributed by atoms with E-state index in [0.29, 0.717) is 17.9 Å². The van der Waals surface area contributed by atoms with E-state index in [4.69, 9.17) is 9.94 Å². The first-order chi connectivity index (χ1) is 10.7. The summed E-state index contributed by atoms with van der Waals surface area (Å²) in [6.45, 7) is 1.95. The van der Waals surface area contributed by atoms with Gasteiger partial charge in [0.15, 0.2) is 0 Å². The van der Waals surface area contributed by atoms with E-state index in [1.54, 1.807) is 6.07 Å². The number of fused-ring (bicyclic) bond motifs is 1. The average Bonchev–Trinajstić information content (AvgIpc) is 2.53. The van der Waals surface area contributed by atoms with Crippen LogP contribution in [0.4, 0.5) is 5.69 Å². The lowest BCUT2D eigenvalue weighted by molar-refractivity contribution is -0.118. The van der Waals surface area contributed by atoms with Crippen molar-refractivity contribution in [2.24, 2.45) is 11.1 Å². The third kappa shape index (κ3) is 2.79. The summed E-state index contributed by atoms with van der Waals surface area (Å²) in [6, 6.07) is 14.9. The highest BCUT2D eigenvalue weighted by Crippen LogP contribution is 2.29. The van der Waals surface area contributed by atoms with Gasteiger partial charge in [0.25, 0.3) is 0 Å². The Labute approximate surface area is 128 Å². The number of ether oxygens (including phenoxy) is 1. The quantitative estimate of drug-likeness (QED) is 0.661. The zero-order valence-electron chi connectivity index (χ0n) is 12.1. The van der Waals surface area contributed by atoms with Gasteiger partial charge in [0, 0.05) is 5.69 Å². The fraction of sp³-hybridized carbons (Fsp3) is 0.176. The number of nitrogens with zero attached hydrogens (tertiary/aromatic N) is 1. The zero-order chi connectivity index (χ0) is 15.5. The maximum atomic E-state index is 12.5. The summed E-state index contributed by atoms with van der Waals surface area (Å²) >= 11 is 0. The minimum atomic E-state index is -0.652. The van der Waals surface area contributed by atoms with Gasteiger partial charge in [-0.2, -0.15) is 0 Å². The van der Waals surface area contributed by atoms with Crippen molar-refractivity contribution < 1.29 is 14.7 Å². The Morgan fingerprint density at radius 2 is 2.09 bits per heavy atom. The van der Waals surface area contributed by atoms with Crippen molar-refractivity contribution in [3.63, 3.8) is 0 Å². The maximum Gasteiger partial charge on any atom is 0.243 e. The molecule has 1 amide bonds. The third-order valence-electron chi connectivity index (χ3n) is 3.61. The predicted octanol–water partition coefficient (Wildman–Crippen LogP) is 2.97. The predicted molar refractivity (Wildman–Crippen MR) is 83.3 cm³/mol. The lowest BCUT2D eigenvalue weighted by Gasteiger charge is -2.24. The SMILES string of the molecule is Cc1cccc(NC(=O)C2Cc3ccccc3O/C2=N/O)c1. The van der Waals surface area contributed by atoms with Crippen LogP contribution in [0.3, 0.4) is 0 Å². The highest BCUT2D eigenvalue weighted by Gasteiger charge is 2.33. The van der Waals surface area contributed by atoms with Crippen molar-refractivity contribution in [2.75, 3.05) is 5.32 Å². The second kappa shape index (κ2) is 5.89. The van der Waals surface area contributed by atoms with Crippen molar-refractivity contribution in [3.8, 4) is 5.75 Å². The van der Waals surface area contributed by atoms with Crippen LogP contribution in [0.15, 0.2) is 53.7 Å². The molecule has 112 valence electrons. The largest absolute Gasteiger partial charge is 0.439 e. The molecular weight excluding hydrogens is 280 g/mol. The monoisotopic (exact) mass is 296 g/mol. The fourth-order valence-corrected chi connectivity index (χ4v) is 2.51. The molecular formula is C17H16N2O3. The number of hydrogen-bond donors (Lipinski definition) is 2. The molecule has 0 spiro atoms. The van der Waals surface area contributed by atoms with Crippen LogP contribution >= 0.6 is 0 Å². The van der Waals surface area contributed by atoms with Crippen LogP contribution in [0.1, 0.15) is 11.1 Å². The number of benzene rings is 2. The van der Waals surface area contributed by atoms with Crippen LogP contribution in [-0.2, 0) is 11.2 Å². The number of hydrogen-bond acceptors (Lipinski definition) is 4. The second-order valence-corrected chi connectivity index (χ2v) is 5.26. The molecule has 2 aromatic carbocycles. The molecule has 3 rings (SSSR count). The number of rotatable bonds is 2. The van der Waals surface area contributed by atoms with Crippen LogP contribution in [0, 0.1) is 12.8 Å². The molecule has 0 saturated carbocycles. The summed E-state index contributed by atoms with van der Waals surface area (Å²) < 4.78 is 5.52. The van der Waals surface area contributed by atoms with E-state index in [9.17, 15) is 4.79 Å². The molecule has 2 N–H and O–H groups in total. The Bertz CT molecular complexity index is 740. The van der Waals surface area contributed by atoms with Crippen LogP contribution in [0.25, 0.3) is 0 Å². The molecule has 0 aromatic heterocycles. The van der Waals surface area contributed by atoms with Gasteiger partial charge in [0.2, 0.25) is 11.8 Å². The minimum Gasteiger partial charge on any atom is -0.439 e. The van der Waals surface area contributed by atoms with Crippen LogP contribution in [0.5, 0.6) is 5.75 Å². The normalized spacial score (nSPS) is 18.4. The molecule has 5 nitrogen and oxygen atoms in total. The summed E-state index contributed by atoms with van der Waals surface area (Å²) in [5.74, 6) is -0.271. The van der Waals surface area contributed by atoms with E-state index in [0.717, 1.165) is 11.1 Å². The number of anilines is 1. The van der Waals surface area contributed by atoms with Gasteiger partial charge in [-0.05, 0) is 42.7 Å². The number of nitrogens with one attached hydrogen (secondary N) is 1. The van der Waals surface area contributed by atoms with Gasteiger partial charge in [-0.3, -0.25) is 4.79 Å². The topological polar surface area (TPSA) is 70.9 Å². The van der Waals surface area contributed by atoms with E-state index >= 15 is 0 Å². The van der Waals surface area contributed by atoms with Crippen molar-refractivity contribution in [1.29, 1.82) is 0 Å². The van der Waals surface area contributed by atoms with Gasteiger partial charge in [-0.15, -0.1) is 0 Å². The minimum absolute atomic E-state index is 0.0175. The lowest BCUT2D eigenvalue weighted by Crippen LogP contribution is -2.37. The average molecular weight is 296 g/mol. The van der Waals surface area contributed by atoms with Gasteiger partial charge in [-0.1, -0.05) is 35.5 Å². The molecule has 0 saturated heterocycles. The molecule has 0 aliphatic carbocycles. The number of oxime groups is 1. The highest BCUT2D eigenvalue weighted by molar-refractivity contribution is 6.07. The first-order valence-corrected chi connectivity index (χ1v) is 7.02. The Hall–Kier alpha value is -2.82. The van der Waals surface area contributed by atoms with Gasteiger partial charge in [-0.25, -0.2) is 0 Å². The summed E-state index contributed by atoms with van der Waals surface area (Å²) in [6.07, 6.45) is 0.438. The van der Waals surface area contributed by atoms with Crippen LogP contribution < -0.4 is 10.1 Å². The summed E-state index contributed by atoms with van der Waals surface area (Å²) in [5, 5.41) is 15.1. The molecule has 1 heterocycles. The number of carbonyl (C=O) groups is 1. The Balaban J connectivity index is 1.82. The molecule has 0 fully saturated rings. The van der Waals surface area contributed by atoms with Crippen LogP contribution in [-0.4, -0.2) is 17.0 Å². The number of para-hydroxylation sites is 1. The third-order valence-corrected chi connectivity index (χ3v) is 3.61. The number of amides is 1. The molecule has 5 heteroatoms. The van der Waals surface area contributed by atoms with E-state index in [1.165, 1.54) is 0 Å². The smallest absolute Gasteiger partial charge is 0.243 e. The number of aryl methyl sites for hydroxylation is 1. The lowest BCUT2D eigenvalue weighted by atomic mass is 9.95. The summed E-state index contributed by atoms with van der Waals surface area (Å²) in [4.78, 5) is 12.5. The van der Waals surface area contributed by atoms with Gasteiger partial charge in [0.1, 0.15) is 11.7 Å². The number of carbonyl (C=O) groups excluding carboxylic acids is 1. The highest BCUT2D eigenvalue weighted by atomic mass is 16.5. The van der Waals surface area contributed by atoms with Crippen LogP contribution in [0.2, 0.25) is 0 Å². The molecule has 1 aliphatic rings. The molecule has 1 atom stereocenters. The molecule has 22 heavy (non-hydrogen) atoms. The van der Waals surface area contributed by atoms with Gasteiger partial charge < -0.3 is 15.3 Å². The summed E-state index contributed by atoms with van der Waals surface area (Å²) in [7, 11) is 0. The molecule has 2 aromatic rings. The molecule has 0 radical (unpaired) electrons. The second-order valence-electron chi connectivity index (χ2n) is 5.26. The Morgan fingerprint density at radius 3 is 2.86 bits per heavy atom. The Kier molecular flexibility index (Phi) is 3.78. The van der Waals surface area contributed by atoms with E-state index in [2.05, 4.69) is 10.5 Å². The van der Waals surface area contributed by atoms with Gasteiger partial charge in [0.05, 0.1) is 0 Å². The first-order valence-electron chi connectivity index (χ1n) is 7.02. The Morgan fingerprint density at radius 1 is 1.27 bits per heavy atom. The first kappa shape index (κ1) is 14.1. The molecule has 1 unspecified atom stereocenters. The zero-order valence-corrected chi connectivity index (χ0v) is 12.1. The fourth-order valence-electron chi connectivity index (χ4n) is 2.51. The standard InChI is InChI=1S/C17H16N2O3/c1-11-5-4-7-13(9-11)18-16(20)14-10-12-6-2-3-8-15(12)22-17(14)19-21/h2-9,14,21H,10H2,1H3,(H,18,20)/b19-17+. The van der Waals surface area contributed by atoms with Crippen molar-refractivity contribution in [2.45, 2.75) is 13.3 Å². The van der Waals surface area contributed by atoms with Crippen molar-refractivity contribution >= 4 is 17.5 Å². The van der Waals surface area contributed by atoms with Gasteiger partial charge >= 0.3 is 0 Å².